The van der Waals surface area contributed by atoms with Gasteiger partial charge in [0.2, 0.25) is 0 Å². The van der Waals surface area contributed by atoms with Gasteiger partial charge < -0.3 is 9.73 Å². The van der Waals surface area contributed by atoms with Crippen molar-refractivity contribution in [1.29, 1.82) is 0 Å². The van der Waals surface area contributed by atoms with Crippen molar-refractivity contribution in [2.75, 3.05) is 5.32 Å². The Kier molecular flexibility index (Phi) is 2.78. The lowest BCUT2D eigenvalue weighted by atomic mass is 10.2. The second-order valence-electron chi connectivity index (χ2n) is 4.84. The minimum atomic E-state index is 0.698. The van der Waals surface area contributed by atoms with Crippen molar-refractivity contribution < 1.29 is 4.42 Å². The van der Waals surface area contributed by atoms with Gasteiger partial charge in [-0.15, -0.1) is 0 Å². The number of aromatic nitrogens is 2. The summed E-state index contributed by atoms with van der Waals surface area (Å²) in [5, 5.41) is 4.33. The Morgan fingerprint density at radius 1 is 0.905 bits per heavy atom. The molecule has 0 aliphatic heterocycles. The number of hydrogen-bond acceptors (Lipinski definition) is 4. The van der Waals surface area contributed by atoms with Crippen LogP contribution in [-0.2, 0) is 6.54 Å². The summed E-state index contributed by atoms with van der Waals surface area (Å²) in [6.07, 6.45) is 1.57. The molecule has 0 fully saturated rings. The highest BCUT2D eigenvalue weighted by Crippen LogP contribution is 2.30. The lowest BCUT2D eigenvalue weighted by Crippen LogP contribution is -2.01. The smallest absolute Gasteiger partial charge is 0.196 e. The molecule has 21 heavy (non-hydrogen) atoms. The molecule has 0 aliphatic carbocycles. The molecular weight excluding hydrogens is 262 g/mol. The van der Waals surface area contributed by atoms with Gasteiger partial charge in [-0.05, 0) is 17.7 Å². The second kappa shape index (κ2) is 4.90. The van der Waals surface area contributed by atoms with E-state index in [4.69, 9.17) is 4.42 Å². The van der Waals surface area contributed by atoms with Gasteiger partial charge in [-0.1, -0.05) is 42.5 Å². The summed E-state index contributed by atoms with van der Waals surface area (Å²) < 4.78 is 5.88. The van der Waals surface area contributed by atoms with Crippen LogP contribution in [0.2, 0.25) is 0 Å². The maximum Gasteiger partial charge on any atom is 0.196 e. The van der Waals surface area contributed by atoms with Crippen molar-refractivity contribution >= 4 is 27.9 Å². The predicted octanol–water partition coefficient (Wildman–Crippen LogP) is 3.99. The molecule has 0 amide bonds. The molecule has 4 nitrogen and oxygen atoms in total. The molecule has 2 aromatic heterocycles. The van der Waals surface area contributed by atoms with Gasteiger partial charge in [0.15, 0.2) is 11.4 Å². The Bertz CT molecular complexity index is 900. The van der Waals surface area contributed by atoms with E-state index in [2.05, 4.69) is 27.4 Å². The summed E-state index contributed by atoms with van der Waals surface area (Å²) in [7, 11) is 0. The summed E-state index contributed by atoms with van der Waals surface area (Å²) in [4.78, 5) is 8.64. The summed E-state index contributed by atoms with van der Waals surface area (Å²) in [6.45, 7) is 0.698. The lowest BCUT2D eigenvalue weighted by molar-refractivity contribution is 0.666. The van der Waals surface area contributed by atoms with Crippen molar-refractivity contribution in [3.63, 3.8) is 0 Å². The average molecular weight is 275 g/mol. The molecular formula is C17H13N3O. The van der Waals surface area contributed by atoms with Gasteiger partial charge in [-0.25, -0.2) is 9.97 Å². The quantitative estimate of drug-likeness (QED) is 0.614. The summed E-state index contributed by atoms with van der Waals surface area (Å²) in [6, 6.07) is 18.1. The Balaban J connectivity index is 1.75. The van der Waals surface area contributed by atoms with E-state index in [1.165, 1.54) is 5.56 Å². The van der Waals surface area contributed by atoms with Gasteiger partial charge in [0, 0.05) is 11.9 Å². The Hall–Kier alpha value is -2.88. The van der Waals surface area contributed by atoms with Crippen molar-refractivity contribution in [1.82, 2.24) is 9.97 Å². The van der Waals surface area contributed by atoms with Crippen molar-refractivity contribution in [2.45, 2.75) is 6.54 Å². The monoisotopic (exact) mass is 275 g/mol. The van der Waals surface area contributed by atoms with Gasteiger partial charge in [-0.2, -0.15) is 0 Å². The molecule has 0 saturated carbocycles. The van der Waals surface area contributed by atoms with Crippen molar-refractivity contribution in [2.24, 2.45) is 0 Å². The van der Waals surface area contributed by atoms with Crippen LogP contribution in [-0.4, -0.2) is 9.97 Å². The molecule has 0 aliphatic rings. The molecule has 4 heteroatoms. The fraction of sp³-hybridized carbons (Fsp3) is 0.0588. The van der Waals surface area contributed by atoms with E-state index in [0.717, 1.165) is 22.3 Å². The van der Waals surface area contributed by atoms with E-state index in [-0.39, 0.29) is 0 Å². The summed E-state index contributed by atoms with van der Waals surface area (Å²) in [5.41, 5.74) is 3.57. The van der Waals surface area contributed by atoms with Crippen molar-refractivity contribution in [3.8, 4) is 0 Å². The average Bonchev–Trinajstić information content (AvgIpc) is 2.93. The highest BCUT2D eigenvalue weighted by Gasteiger charge is 2.12. The Morgan fingerprint density at radius 2 is 1.71 bits per heavy atom. The molecule has 4 rings (SSSR count). The maximum atomic E-state index is 5.88. The van der Waals surface area contributed by atoms with E-state index in [1.807, 2.05) is 42.5 Å². The predicted molar refractivity (Wildman–Crippen MR) is 83.1 cm³/mol. The standard InChI is InChI=1S/C17H13N3O/c1-2-6-12(7-3-1)10-18-17-16-15(19-11-20-17)13-8-4-5-9-14(13)21-16/h1-9,11H,10H2,(H,18,19,20). The minimum Gasteiger partial charge on any atom is -0.450 e. The fourth-order valence-electron chi connectivity index (χ4n) is 2.43. The summed E-state index contributed by atoms with van der Waals surface area (Å²) in [5.74, 6) is 0.722. The number of benzene rings is 2. The van der Waals surface area contributed by atoms with Crippen LogP contribution >= 0.6 is 0 Å². The van der Waals surface area contributed by atoms with Crippen LogP contribution in [0.5, 0.6) is 0 Å². The molecule has 0 saturated heterocycles. The number of hydrogen-bond donors (Lipinski definition) is 1. The number of rotatable bonds is 3. The number of para-hydroxylation sites is 1. The zero-order valence-electron chi connectivity index (χ0n) is 11.3. The SMILES string of the molecule is c1ccc(CNc2ncnc3c2oc2ccccc23)cc1. The van der Waals surface area contributed by atoms with Crippen LogP contribution in [0.25, 0.3) is 22.1 Å². The molecule has 0 atom stereocenters. The molecule has 102 valence electrons. The zero-order valence-corrected chi connectivity index (χ0v) is 11.3. The molecule has 0 radical (unpaired) electrons. The van der Waals surface area contributed by atoms with Gasteiger partial charge in [0.25, 0.3) is 0 Å². The molecule has 2 aromatic carbocycles. The molecule has 4 aromatic rings. The highest BCUT2D eigenvalue weighted by atomic mass is 16.3. The van der Waals surface area contributed by atoms with Crippen LogP contribution in [0.15, 0.2) is 65.3 Å². The second-order valence-corrected chi connectivity index (χ2v) is 4.84. The van der Waals surface area contributed by atoms with E-state index in [9.17, 15) is 0 Å². The third-order valence-corrected chi connectivity index (χ3v) is 3.46. The first-order valence-corrected chi connectivity index (χ1v) is 6.82. The highest BCUT2D eigenvalue weighted by molar-refractivity contribution is 6.05. The normalized spacial score (nSPS) is 11.0. The molecule has 2 heterocycles. The van der Waals surface area contributed by atoms with Gasteiger partial charge in [0.1, 0.15) is 17.4 Å². The maximum absolute atomic E-state index is 5.88. The number of nitrogens with zero attached hydrogens (tertiary/aromatic N) is 2. The summed E-state index contributed by atoms with van der Waals surface area (Å²) >= 11 is 0. The topological polar surface area (TPSA) is 51.0 Å². The van der Waals surface area contributed by atoms with Crippen LogP contribution in [0.3, 0.4) is 0 Å². The molecule has 0 unspecified atom stereocenters. The Morgan fingerprint density at radius 3 is 2.62 bits per heavy atom. The number of nitrogens with one attached hydrogen (secondary N) is 1. The fourth-order valence-corrected chi connectivity index (χ4v) is 2.43. The van der Waals surface area contributed by atoms with Crippen LogP contribution in [0.1, 0.15) is 5.56 Å². The number of fused-ring (bicyclic) bond motifs is 3. The van der Waals surface area contributed by atoms with E-state index in [1.54, 1.807) is 6.33 Å². The van der Waals surface area contributed by atoms with Crippen LogP contribution in [0.4, 0.5) is 5.82 Å². The van der Waals surface area contributed by atoms with Crippen LogP contribution in [0, 0.1) is 0 Å². The molecule has 0 bridgehead atoms. The van der Waals surface area contributed by atoms with Gasteiger partial charge in [0.05, 0.1) is 0 Å². The molecule has 1 N–H and O–H groups in total. The van der Waals surface area contributed by atoms with E-state index >= 15 is 0 Å². The first-order valence-electron chi connectivity index (χ1n) is 6.82. The lowest BCUT2D eigenvalue weighted by Gasteiger charge is -2.05. The van der Waals surface area contributed by atoms with E-state index in [0.29, 0.717) is 12.1 Å². The van der Waals surface area contributed by atoms with Gasteiger partial charge in [-0.3, -0.25) is 0 Å². The number of anilines is 1. The minimum absolute atomic E-state index is 0.698. The first-order chi connectivity index (χ1) is 10.4. The molecule has 0 spiro atoms. The first kappa shape index (κ1) is 11.9. The largest absolute Gasteiger partial charge is 0.450 e. The van der Waals surface area contributed by atoms with Crippen molar-refractivity contribution in [3.05, 3.63) is 66.5 Å². The van der Waals surface area contributed by atoms with Gasteiger partial charge >= 0.3 is 0 Å². The Labute approximate surface area is 121 Å². The van der Waals surface area contributed by atoms with Crippen LogP contribution < -0.4 is 5.32 Å². The third kappa shape index (κ3) is 2.10. The van der Waals surface area contributed by atoms with E-state index < -0.39 is 0 Å². The number of furan rings is 1. The zero-order chi connectivity index (χ0) is 14.1. The third-order valence-electron chi connectivity index (χ3n) is 3.46.